The Hall–Kier alpha value is -2.29. The summed E-state index contributed by atoms with van der Waals surface area (Å²) in [6.07, 6.45) is -2.70. The van der Waals surface area contributed by atoms with Crippen LogP contribution in [0.25, 0.3) is 0 Å². The highest BCUT2D eigenvalue weighted by Crippen LogP contribution is 2.49. The molecule has 2 aliphatic rings. The van der Waals surface area contributed by atoms with Gasteiger partial charge in [0.15, 0.2) is 0 Å². The van der Waals surface area contributed by atoms with Crippen LogP contribution < -0.4 is 9.64 Å². The molecule has 1 aromatic carbocycles. The van der Waals surface area contributed by atoms with Crippen molar-refractivity contribution in [2.45, 2.75) is 57.4 Å². The van der Waals surface area contributed by atoms with Gasteiger partial charge in [0, 0.05) is 12.2 Å². The molecule has 0 aromatic heterocycles. The summed E-state index contributed by atoms with van der Waals surface area (Å²) in [7, 11) is 0. The smallest absolute Gasteiger partial charge is 0.466 e. The topological polar surface area (TPSA) is 76.1 Å². The first-order valence-corrected chi connectivity index (χ1v) is 9.62. The van der Waals surface area contributed by atoms with Gasteiger partial charge in [-0.1, -0.05) is 0 Å². The number of anilines is 1. The van der Waals surface area contributed by atoms with E-state index in [0.717, 1.165) is 0 Å². The average molecular weight is 415 g/mol. The number of alkyl halides is 3. The fourth-order valence-electron chi connectivity index (χ4n) is 4.21. The van der Waals surface area contributed by atoms with Gasteiger partial charge < -0.3 is 19.5 Å². The van der Waals surface area contributed by atoms with E-state index in [-0.39, 0.29) is 24.7 Å². The Kier molecular flexibility index (Phi) is 5.80. The standard InChI is InChI=1S/C20H24F3NO5/c1-2-28-16(25)13-19(27)9-7-18(8-10-19)11-12-24(17(18)26)14-3-5-15(6-4-14)29-20(21,22)23/h3-6,27H,2,7-13H2,1H3. The van der Waals surface area contributed by atoms with Gasteiger partial charge >= 0.3 is 12.3 Å². The minimum Gasteiger partial charge on any atom is -0.466 e. The van der Waals surface area contributed by atoms with E-state index in [0.29, 0.717) is 44.3 Å². The molecule has 0 radical (unpaired) electrons. The molecule has 160 valence electrons. The third-order valence-electron chi connectivity index (χ3n) is 5.81. The zero-order chi connectivity index (χ0) is 21.3. The fraction of sp³-hybridized carbons (Fsp3) is 0.600. The number of carbonyl (C=O) groups is 2. The lowest BCUT2D eigenvalue weighted by atomic mass is 9.67. The van der Waals surface area contributed by atoms with Gasteiger partial charge in [0.1, 0.15) is 5.75 Å². The van der Waals surface area contributed by atoms with Gasteiger partial charge in [-0.2, -0.15) is 0 Å². The molecule has 1 aliphatic heterocycles. The predicted molar refractivity (Wildman–Crippen MR) is 97.2 cm³/mol. The van der Waals surface area contributed by atoms with E-state index in [1.165, 1.54) is 24.3 Å². The number of hydrogen-bond acceptors (Lipinski definition) is 5. The number of benzene rings is 1. The summed E-state index contributed by atoms with van der Waals surface area (Å²) >= 11 is 0. The van der Waals surface area contributed by atoms with Gasteiger partial charge in [0.2, 0.25) is 5.91 Å². The molecule has 1 heterocycles. The quantitative estimate of drug-likeness (QED) is 0.745. The lowest BCUT2D eigenvalue weighted by Gasteiger charge is -2.40. The molecule has 29 heavy (non-hydrogen) atoms. The molecule has 1 saturated carbocycles. The molecule has 9 heteroatoms. The van der Waals surface area contributed by atoms with Crippen molar-refractivity contribution in [3.63, 3.8) is 0 Å². The van der Waals surface area contributed by atoms with E-state index in [9.17, 15) is 27.9 Å². The maximum Gasteiger partial charge on any atom is 0.573 e. The molecule has 1 N–H and O–H groups in total. The number of hydrogen-bond donors (Lipinski definition) is 1. The monoisotopic (exact) mass is 415 g/mol. The number of nitrogens with zero attached hydrogens (tertiary/aromatic N) is 1. The molecular weight excluding hydrogens is 391 g/mol. The van der Waals surface area contributed by atoms with Gasteiger partial charge in [-0.25, -0.2) is 0 Å². The molecule has 6 nitrogen and oxygen atoms in total. The normalized spacial score (nSPS) is 27.3. The molecule has 0 bridgehead atoms. The van der Waals surface area contributed by atoms with Crippen molar-refractivity contribution in [1.82, 2.24) is 0 Å². The molecule has 1 aliphatic carbocycles. The summed E-state index contributed by atoms with van der Waals surface area (Å²) in [5, 5.41) is 10.7. The van der Waals surface area contributed by atoms with Crippen LogP contribution in [0.4, 0.5) is 18.9 Å². The third kappa shape index (κ3) is 4.83. The SMILES string of the molecule is CCOC(=O)CC1(O)CCC2(CCN(c3ccc(OC(F)(F)F)cc3)C2=O)CC1. The number of amides is 1. The molecule has 1 amide bonds. The summed E-state index contributed by atoms with van der Waals surface area (Å²) in [5.74, 6) is -0.893. The van der Waals surface area contributed by atoms with Crippen LogP contribution in [-0.2, 0) is 14.3 Å². The molecule has 3 rings (SSSR count). The second kappa shape index (κ2) is 7.85. The minimum atomic E-state index is -4.77. The minimum absolute atomic E-state index is 0.0878. The molecule has 0 atom stereocenters. The van der Waals surface area contributed by atoms with Crippen molar-refractivity contribution in [1.29, 1.82) is 0 Å². The summed E-state index contributed by atoms with van der Waals surface area (Å²) in [4.78, 5) is 26.3. The van der Waals surface area contributed by atoms with Gasteiger partial charge in [-0.3, -0.25) is 9.59 Å². The zero-order valence-corrected chi connectivity index (χ0v) is 16.1. The first kappa shape index (κ1) is 21.4. The van der Waals surface area contributed by atoms with Crippen molar-refractivity contribution < 1.29 is 37.3 Å². The number of esters is 1. The maximum absolute atomic E-state index is 13.1. The highest BCUT2D eigenvalue weighted by atomic mass is 19.4. The fourth-order valence-corrected chi connectivity index (χ4v) is 4.21. The van der Waals surface area contributed by atoms with Gasteiger partial charge in [-0.05, 0) is 63.3 Å². The van der Waals surface area contributed by atoms with Crippen LogP contribution in [0.2, 0.25) is 0 Å². The van der Waals surface area contributed by atoms with E-state index in [4.69, 9.17) is 4.74 Å². The Bertz CT molecular complexity index is 754. The van der Waals surface area contributed by atoms with Crippen molar-refractivity contribution in [3.8, 4) is 5.75 Å². The largest absolute Gasteiger partial charge is 0.573 e. The second-order valence-electron chi connectivity index (χ2n) is 7.73. The number of carbonyl (C=O) groups excluding carboxylic acids is 2. The van der Waals surface area contributed by atoms with Gasteiger partial charge in [-0.15, -0.1) is 13.2 Å². The van der Waals surface area contributed by atoms with Crippen molar-refractivity contribution in [2.24, 2.45) is 5.41 Å². The Balaban J connectivity index is 1.64. The Labute approximate surface area is 166 Å². The maximum atomic E-state index is 13.1. The van der Waals surface area contributed by atoms with Crippen LogP contribution in [0.15, 0.2) is 24.3 Å². The zero-order valence-electron chi connectivity index (χ0n) is 16.1. The lowest BCUT2D eigenvalue weighted by molar-refractivity contribution is -0.274. The van der Waals surface area contributed by atoms with E-state index in [1.54, 1.807) is 11.8 Å². The van der Waals surface area contributed by atoms with Crippen molar-refractivity contribution >= 4 is 17.6 Å². The Morgan fingerprint density at radius 1 is 1.14 bits per heavy atom. The molecule has 1 aromatic rings. The van der Waals surface area contributed by atoms with E-state index >= 15 is 0 Å². The van der Waals surface area contributed by atoms with E-state index in [2.05, 4.69) is 4.74 Å². The summed E-state index contributed by atoms with van der Waals surface area (Å²) < 4.78 is 45.6. The van der Waals surface area contributed by atoms with Crippen molar-refractivity contribution in [2.75, 3.05) is 18.1 Å². The Morgan fingerprint density at radius 2 is 1.76 bits per heavy atom. The van der Waals surface area contributed by atoms with Gasteiger partial charge in [0.25, 0.3) is 0 Å². The van der Waals surface area contributed by atoms with Crippen LogP contribution in [0.3, 0.4) is 0 Å². The number of ether oxygens (including phenoxy) is 2. The van der Waals surface area contributed by atoms with Crippen molar-refractivity contribution in [3.05, 3.63) is 24.3 Å². The van der Waals surface area contributed by atoms with E-state index in [1.807, 2.05) is 0 Å². The Morgan fingerprint density at radius 3 is 2.31 bits per heavy atom. The number of aliphatic hydroxyl groups is 1. The van der Waals surface area contributed by atoms with Crippen LogP contribution >= 0.6 is 0 Å². The molecule has 1 spiro atoms. The number of halogens is 3. The van der Waals surface area contributed by atoms with Crippen LogP contribution in [0.1, 0.15) is 45.4 Å². The molecule has 2 fully saturated rings. The highest BCUT2D eigenvalue weighted by molar-refractivity contribution is 6.00. The second-order valence-corrected chi connectivity index (χ2v) is 7.73. The first-order chi connectivity index (χ1) is 13.6. The highest BCUT2D eigenvalue weighted by Gasteiger charge is 2.52. The molecule has 1 saturated heterocycles. The average Bonchev–Trinajstić information content (AvgIpc) is 2.94. The van der Waals surface area contributed by atoms with Crippen LogP contribution in [-0.4, -0.2) is 42.1 Å². The lowest BCUT2D eigenvalue weighted by Crippen LogP contribution is -2.44. The summed E-state index contributed by atoms with van der Waals surface area (Å²) in [5.41, 5.74) is -1.27. The number of rotatable bonds is 5. The third-order valence-corrected chi connectivity index (χ3v) is 5.81. The van der Waals surface area contributed by atoms with Crippen LogP contribution in [0.5, 0.6) is 5.75 Å². The molecule has 0 unspecified atom stereocenters. The van der Waals surface area contributed by atoms with Crippen LogP contribution in [0, 0.1) is 5.41 Å². The summed E-state index contributed by atoms with van der Waals surface area (Å²) in [6, 6.07) is 5.22. The first-order valence-electron chi connectivity index (χ1n) is 9.62. The summed E-state index contributed by atoms with van der Waals surface area (Å²) in [6.45, 7) is 2.40. The molecular formula is C20H24F3NO5. The van der Waals surface area contributed by atoms with Gasteiger partial charge in [0.05, 0.1) is 24.0 Å². The predicted octanol–water partition coefficient (Wildman–Crippen LogP) is 3.57. The van der Waals surface area contributed by atoms with E-state index < -0.39 is 23.3 Å².